The zero-order valence-electron chi connectivity index (χ0n) is 13.9. The first kappa shape index (κ1) is 19.4. The van der Waals surface area contributed by atoms with Crippen LogP contribution in [0, 0.1) is 0 Å². The van der Waals surface area contributed by atoms with E-state index in [0.717, 1.165) is 5.56 Å². The van der Waals surface area contributed by atoms with Crippen molar-refractivity contribution in [3.8, 4) is 11.5 Å². The maximum atomic E-state index is 11.6. The number of halogens is 3. The number of nitrogens with one attached hydrogen (secondary N) is 2. The number of hydrogen-bond donors (Lipinski definition) is 2. The molecule has 1 saturated heterocycles. The molecule has 0 spiro atoms. The van der Waals surface area contributed by atoms with Crippen LogP contribution in [-0.4, -0.2) is 19.0 Å². The molecule has 0 saturated carbocycles. The molecule has 2 aromatic rings. The van der Waals surface area contributed by atoms with Gasteiger partial charge in [0.15, 0.2) is 11.5 Å². The molecule has 0 atom stereocenters. The van der Waals surface area contributed by atoms with Gasteiger partial charge in [0.1, 0.15) is 12.3 Å². The van der Waals surface area contributed by atoms with Crippen LogP contribution in [0.1, 0.15) is 11.1 Å². The molecule has 0 bridgehead atoms. The summed E-state index contributed by atoms with van der Waals surface area (Å²) in [7, 11) is 1.47. The average molecular weight is 428 g/mol. The van der Waals surface area contributed by atoms with Gasteiger partial charge in [-0.1, -0.05) is 40.9 Å². The molecule has 3 rings (SSSR count). The highest BCUT2D eigenvalue weighted by molar-refractivity contribution is 6.42. The second-order valence-corrected chi connectivity index (χ2v) is 6.76. The minimum Gasteiger partial charge on any atom is -0.493 e. The lowest BCUT2D eigenvalue weighted by Gasteiger charge is -2.14. The third kappa shape index (κ3) is 4.47. The maximum absolute atomic E-state index is 11.6. The van der Waals surface area contributed by atoms with Crippen molar-refractivity contribution in [2.45, 2.75) is 6.61 Å². The Labute approximate surface area is 170 Å². The summed E-state index contributed by atoms with van der Waals surface area (Å²) in [4.78, 5) is 22.8. The first-order valence-electron chi connectivity index (χ1n) is 7.65. The van der Waals surface area contributed by atoms with E-state index >= 15 is 0 Å². The van der Waals surface area contributed by atoms with Crippen molar-refractivity contribution in [3.05, 3.63) is 62.2 Å². The Balaban J connectivity index is 1.84. The largest absolute Gasteiger partial charge is 0.493 e. The van der Waals surface area contributed by atoms with Crippen LogP contribution in [0.25, 0.3) is 6.08 Å². The molecule has 0 radical (unpaired) electrons. The number of amides is 3. The van der Waals surface area contributed by atoms with Crippen molar-refractivity contribution in [1.29, 1.82) is 0 Å². The summed E-state index contributed by atoms with van der Waals surface area (Å²) >= 11 is 18.2. The van der Waals surface area contributed by atoms with Gasteiger partial charge in [-0.2, -0.15) is 0 Å². The monoisotopic (exact) mass is 426 g/mol. The molecular weight excluding hydrogens is 415 g/mol. The van der Waals surface area contributed by atoms with Gasteiger partial charge in [-0.25, -0.2) is 4.79 Å². The number of urea groups is 1. The second-order valence-electron chi connectivity index (χ2n) is 5.54. The van der Waals surface area contributed by atoms with E-state index in [2.05, 4.69) is 10.6 Å². The zero-order chi connectivity index (χ0) is 19.6. The summed E-state index contributed by atoms with van der Waals surface area (Å²) in [5.74, 6) is 0.196. The average Bonchev–Trinajstić information content (AvgIpc) is 2.93. The zero-order valence-corrected chi connectivity index (χ0v) is 16.2. The van der Waals surface area contributed by atoms with Crippen molar-refractivity contribution in [3.63, 3.8) is 0 Å². The van der Waals surface area contributed by atoms with Gasteiger partial charge >= 0.3 is 6.03 Å². The van der Waals surface area contributed by atoms with Crippen molar-refractivity contribution in [2.75, 3.05) is 7.11 Å². The van der Waals surface area contributed by atoms with Crippen LogP contribution < -0.4 is 20.1 Å². The Morgan fingerprint density at radius 3 is 2.41 bits per heavy atom. The number of methoxy groups -OCH3 is 1. The van der Waals surface area contributed by atoms with Crippen LogP contribution in [-0.2, 0) is 11.4 Å². The minimum atomic E-state index is -0.578. The summed E-state index contributed by atoms with van der Waals surface area (Å²) < 4.78 is 11.1. The Bertz CT molecular complexity index is 960. The predicted molar refractivity (Wildman–Crippen MR) is 103 cm³/mol. The van der Waals surface area contributed by atoms with Gasteiger partial charge in [0.25, 0.3) is 5.91 Å². The molecule has 0 aromatic heterocycles. The minimum absolute atomic E-state index is 0.114. The van der Waals surface area contributed by atoms with E-state index in [-0.39, 0.29) is 17.3 Å². The van der Waals surface area contributed by atoms with Crippen LogP contribution in [0.5, 0.6) is 11.5 Å². The number of rotatable bonds is 5. The van der Waals surface area contributed by atoms with Crippen LogP contribution in [0.4, 0.5) is 4.79 Å². The number of benzene rings is 2. The van der Waals surface area contributed by atoms with Gasteiger partial charge in [0.2, 0.25) is 0 Å². The summed E-state index contributed by atoms with van der Waals surface area (Å²) in [5.41, 5.74) is 1.48. The summed E-state index contributed by atoms with van der Waals surface area (Å²) in [6, 6.07) is 7.82. The molecule has 6 nitrogen and oxygen atoms in total. The van der Waals surface area contributed by atoms with Crippen LogP contribution in [0.15, 0.2) is 36.0 Å². The number of hydrogen-bond acceptors (Lipinski definition) is 4. The molecule has 27 heavy (non-hydrogen) atoms. The second kappa shape index (κ2) is 8.08. The van der Waals surface area contributed by atoms with E-state index < -0.39 is 11.9 Å². The van der Waals surface area contributed by atoms with Gasteiger partial charge in [-0.05, 0) is 41.5 Å². The van der Waals surface area contributed by atoms with E-state index in [1.54, 1.807) is 30.3 Å². The molecule has 1 aliphatic rings. The third-order valence-electron chi connectivity index (χ3n) is 3.65. The number of imide groups is 1. The molecule has 0 aliphatic carbocycles. The molecule has 0 unspecified atom stereocenters. The lowest BCUT2D eigenvalue weighted by Crippen LogP contribution is -2.22. The third-order valence-corrected chi connectivity index (χ3v) is 4.67. The van der Waals surface area contributed by atoms with E-state index in [0.29, 0.717) is 27.1 Å². The Hall–Kier alpha value is -2.41. The van der Waals surface area contributed by atoms with E-state index in [4.69, 9.17) is 44.3 Å². The number of ether oxygens (including phenoxy) is 2. The molecule has 9 heteroatoms. The highest BCUT2D eigenvalue weighted by Crippen LogP contribution is 2.37. The summed E-state index contributed by atoms with van der Waals surface area (Å²) in [6.45, 7) is 0.200. The number of carbonyl (C=O) groups excluding carboxylic acids is 2. The molecule has 1 heterocycles. The first-order chi connectivity index (χ1) is 12.9. The summed E-state index contributed by atoms with van der Waals surface area (Å²) in [5, 5.41) is 5.69. The SMILES string of the molecule is COc1cc(C=C2NC(=O)NC2=O)cc(Cl)c1OCc1ccc(Cl)c(Cl)c1. The molecular formula is C18H13Cl3N2O4. The quantitative estimate of drug-likeness (QED) is 0.547. The molecule has 1 fully saturated rings. The van der Waals surface area contributed by atoms with Gasteiger partial charge in [0, 0.05) is 0 Å². The predicted octanol–water partition coefficient (Wildman–Crippen LogP) is 4.41. The van der Waals surface area contributed by atoms with Crippen molar-refractivity contribution >= 4 is 52.8 Å². The molecule has 140 valence electrons. The first-order valence-corrected chi connectivity index (χ1v) is 8.79. The number of carbonyl (C=O) groups is 2. The lowest BCUT2D eigenvalue weighted by atomic mass is 10.1. The van der Waals surface area contributed by atoms with Crippen molar-refractivity contribution in [1.82, 2.24) is 10.6 Å². The van der Waals surface area contributed by atoms with Crippen LogP contribution in [0.2, 0.25) is 15.1 Å². The van der Waals surface area contributed by atoms with Crippen LogP contribution >= 0.6 is 34.8 Å². The summed E-state index contributed by atoms with van der Waals surface area (Å²) in [6.07, 6.45) is 1.48. The maximum Gasteiger partial charge on any atom is 0.326 e. The molecule has 3 amide bonds. The highest BCUT2D eigenvalue weighted by Gasteiger charge is 2.23. The van der Waals surface area contributed by atoms with Crippen molar-refractivity contribution in [2.24, 2.45) is 0 Å². The smallest absolute Gasteiger partial charge is 0.326 e. The fourth-order valence-corrected chi connectivity index (χ4v) is 2.99. The molecule has 1 aliphatic heterocycles. The van der Waals surface area contributed by atoms with E-state index in [9.17, 15) is 9.59 Å². The van der Waals surface area contributed by atoms with Crippen LogP contribution in [0.3, 0.4) is 0 Å². The van der Waals surface area contributed by atoms with Gasteiger partial charge in [-0.3, -0.25) is 10.1 Å². The molecule has 2 N–H and O–H groups in total. The fourth-order valence-electron chi connectivity index (χ4n) is 2.40. The topological polar surface area (TPSA) is 76.7 Å². The highest BCUT2D eigenvalue weighted by atomic mass is 35.5. The Kier molecular flexibility index (Phi) is 5.79. The Morgan fingerprint density at radius 2 is 1.78 bits per heavy atom. The van der Waals surface area contributed by atoms with Gasteiger partial charge in [-0.15, -0.1) is 0 Å². The Morgan fingerprint density at radius 1 is 1.00 bits per heavy atom. The van der Waals surface area contributed by atoms with Gasteiger partial charge in [0.05, 0.1) is 22.2 Å². The standard InChI is InChI=1S/C18H13Cl3N2O4/c1-26-15-7-10(6-14-17(24)23-18(25)22-14)5-13(21)16(15)27-8-9-2-3-11(19)12(20)4-9/h2-7H,8H2,1H3,(H2,22,23,24,25). The van der Waals surface area contributed by atoms with E-state index in [1.165, 1.54) is 13.2 Å². The van der Waals surface area contributed by atoms with Crippen molar-refractivity contribution < 1.29 is 19.1 Å². The lowest BCUT2D eigenvalue weighted by molar-refractivity contribution is -0.115. The van der Waals surface area contributed by atoms with Gasteiger partial charge < -0.3 is 14.8 Å². The molecule has 2 aromatic carbocycles. The fraction of sp³-hybridized carbons (Fsp3) is 0.111. The normalized spacial score (nSPS) is 14.9. The van der Waals surface area contributed by atoms with E-state index in [1.807, 2.05) is 0 Å².